The highest BCUT2D eigenvalue weighted by Crippen LogP contribution is 2.28. The third kappa shape index (κ3) is 4.02. The first-order valence-corrected chi connectivity index (χ1v) is 9.32. The zero-order chi connectivity index (χ0) is 14.8. The van der Waals surface area contributed by atoms with Crippen molar-refractivity contribution in [1.82, 2.24) is 10.6 Å². The summed E-state index contributed by atoms with van der Waals surface area (Å²) >= 11 is 5.09. The maximum Gasteiger partial charge on any atom is 0.230 e. The Labute approximate surface area is 138 Å². The molecule has 2 aliphatic rings. The molecule has 2 saturated heterocycles. The normalized spacial score (nSPS) is 27.6. The van der Waals surface area contributed by atoms with Gasteiger partial charge in [-0.05, 0) is 56.4 Å². The molecular weight excluding hydrogens is 348 g/mol. The number of carbonyl (C=O) groups is 1. The van der Waals surface area contributed by atoms with Crippen molar-refractivity contribution < 1.29 is 4.79 Å². The molecule has 3 rings (SSSR count). The lowest BCUT2D eigenvalue weighted by Crippen LogP contribution is -2.48. The van der Waals surface area contributed by atoms with Crippen LogP contribution in [0, 0.1) is 6.92 Å². The zero-order valence-electron chi connectivity index (χ0n) is 12.2. The van der Waals surface area contributed by atoms with E-state index in [4.69, 9.17) is 0 Å². The molecule has 114 valence electrons. The molecule has 2 heterocycles. The standard InChI is InChI=1S/C16H21BrN2OS/c1-10-6-11(17)2-5-15(10)21-9-16(20)19-14-7-12-3-4-13(8-14)18-12/h2,5-6,12-14,18H,3-4,7-9H2,1H3,(H,19,20). The number of halogens is 1. The van der Waals surface area contributed by atoms with Crippen LogP contribution in [0.2, 0.25) is 0 Å². The molecule has 0 spiro atoms. The lowest BCUT2D eigenvalue weighted by atomic mass is 10.00. The van der Waals surface area contributed by atoms with Gasteiger partial charge in [0.15, 0.2) is 0 Å². The number of piperidine rings is 1. The summed E-state index contributed by atoms with van der Waals surface area (Å²) in [4.78, 5) is 13.3. The van der Waals surface area contributed by atoms with E-state index in [1.807, 2.05) is 6.07 Å². The highest BCUT2D eigenvalue weighted by atomic mass is 79.9. The van der Waals surface area contributed by atoms with Crippen LogP contribution in [0.25, 0.3) is 0 Å². The number of aryl methyl sites for hydroxylation is 1. The average Bonchev–Trinajstić information content (AvgIpc) is 2.77. The molecule has 3 nitrogen and oxygen atoms in total. The van der Waals surface area contributed by atoms with E-state index in [-0.39, 0.29) is 5.91 Å². The van der Waals surface area contributed by atoms with Crippen LogP contribution in [0.15, 0.2) is 27.6 Å². The maximum atomic E-state index is 12.1. The zero-order valence-corrected chi connectivity index (χ0v) is 14.6. The molecule has 0 aromatic heterocycles. The van der Waals surface area contributed by atoms with Gasteiger partial charge in [0.25, 0.3) is 0 Å². The number of thioether (sulfide) groups is 1. The largest absolute Gasteiger partial charge is 0.353 e. The fraction of sp³-hybridized carbons (Fsp3) is 0.562. The van der Waals surface area contributed by atoms with Crippen LogP contribution in [0.3, 0.4) is 0 Å². The molecule has 0 radical (unpaired) electrons. The van der Waals surface area contributed by atoms with Crippen molar-refractivity contribution in [3.63, 3.8) is 0 Å². The summed E-state index contributed by atoms with van der Waals surface area (Å²) < 4.78 is 1.08. The Bertz CT molecular complexity index is 525. The quantitative estimate of drug-likeness (QED) is 0.801. The lowest BCUT2D eigenvalue weighted by molar-refractivity contribution is -0.119. The van der Waals surface area contributed by atoms with Crippen LogP contribution < -0.4 is 10.6 Å². The van der Waals surface area contributed by atoms with E-state index in [1.54, 1.807) is 11.8 Å². The van der Waals surface area contributed by atoms with Gasteiger partial charge in [0, 0.05) is 27.5 Å². The van der Waals surface area contributed by atoms with Crippen LogP contribution in [-0.4, -0.2) is 29.8 Å². The van der Waals surface area contributed by atoms with Crippen molar-refractivity contribution >= 4 is 33.6 Å². The van der Waals surface area contributed by atoms with Gasteiger partial charge in [0.1, 0.15) is 0 Å². The Hall–Kier alpha value is -0.520. The minimum absolute atomic E-state index is 0.161. The van der Waals surface area contributed by atoms with Gasteiger partial charge in [-0.1, -0.05) is 15.9 Å². The maximum absolute atomic E-state index is 12.1. The lowest BCUT2D eigenvalue weighted by Gasteiger charge is -2.29. The minimum Gasteiger partial charge on any atom is -0.353 e. The number of hydrogen-bond donors (Lipinski definition) is 2. The predicted octanol–water partition coefficient (Wildman–Crippen LogP) is 3.25. The number of hydrogen-bond acceptors (Lipinski definition) is 3. The van der Waals surface area contributed by atoms with E-state index < -0.39 is 0 Å². The summed E-state index contributed by atoms with van der Waals surface area (Å²) in [6.45, 7) is 2.08. The number of fused-ring (bicyclic) bond motifs is 2. The average molecular weight is 369 g/mol. The summed E-state index contributed by atoms with van der Waals surface area (Å²) in [5.41, 5.74) is 1.21. The van der Waals surface area contributed by atoms with E-state index >= 15 is 0 Å². The van der Waals surface area contributed by atoms with E-state index in [0.717, 1.165) is 17.3 Å². The Morgan fingerprint density at radius 3 is 2.76 bits per heavy atom. The summed E-state index contributed by atoms with van der Waals surface area (Å²) in [5.74, 6) is 0.662. The number of rotatable bonds is 4. The monoisotopic (exact) mass is 368 g/mol. The van der Waals surface area contributed by atoms with Gasteiger partial charge >= 0.3 is 0 Å². The van der Waals surface area contributed by atoms with Gasteiger partial charge in [0.05, 0.1) is 5.75 Å². The van der Waals surface area contributed by atoms with Gasteiger partial charge in [-0.3, -0.25) is 4.79 Å². The Kier molecular flexibility index (Phi) is 4.92. The van der Waals surface area contributed by atoms with Gasteiger partial charge in [-0.2, -0.15) is 0 Å². The van der Waals surface area contributed by atoms with Crippen molar-refractivity contribution in [2.75, 3.05) is 5.75 Å². The number of carbonyl (C=O) groups excluding carboxylic acids is 1. The van der Waals surface area contributed by atoms with Crippen LogP contribution in [0.5, 0.6) is 0 Å². The Morgan fingerprint density at radius 1 is 1.38 bits per heavy atom. The molecular formula is C16H21BrN2OS. The van der Waals surface area contributed by atoms with Gasteiger partial charge in [-0.25, -0.2) is 0 Å². The fourth-order valence-corrected chi connectivity index (χ4v) is 4.66. The molecule has 0 aliphatic carbocycles. The van der Waals surface area contributed by atoms with Crippen LogP contribution in [0.4, 0.5) is 0 Å². The number of benzene rings is 1. The molecule has 1 amide bonds. The molecule has 2 bridgehead atoms. The summed E-state index contributed by atoms with van der Waals surface area (Å²) in [7, 11) is 0. The number of amides is 1. The smallest absolute Gasteiger partial charge is 0.230 e. The van der Waals surface area contributed by atoms with E-state index in [2.05, 4.69) is 45.6 Å². The fourth-order valence-electron chi connectivity index (χ4n) is 3.36. The van der Waals surface area contributed by atoms with Crippen molar-refractivity contribution in [2.45, 2.75) is 55.6 Å². The van der Waals surface area contributed by atoms with Gasteiger partial charge < -0.3 is 10.6 Å². The molecule has 21 heavy (non-hydrogen) atoms. The van der Waals surface area contributed by atoms with Crippen molar-refractivity contribution in [3.8, 4) is 0 Å². The molecule has 2 fully saturated rings. The molecule has 2 aliphatic heterocycles. The summed E-state index contributed by atoms with van der Waals surface area (Å²) in [5, 5.41) is 6.81. The third-order valence-corrected chi connectivity index (χ3v) is 6.00. The van der Waals surface area contributed by atoms with Crippen LogP contribution in [0.1, 0.15) is 31.2 Å². The van der Waals surface area contributed by atoms with Crippen LogP contribution >= 0.6 is 27.7 Å². The first-order valence-electron chi connectivity index (χ1n) is 7.54. The Balaban J connectivity index is 1.48. The second kappa shape index (κ2) is 6.71. The second-order valence-electron chi connectivity index (χ2n) is 6.07. The van der Waals surface area contributed by atoms with Crippen molar-refractivity contribution in [3.05, 3.63) is 28.2 Å². The molecule has 0 saturated carbocycles. The highest BCUT2D eigenvalue weighted by Gasteiger charge is 2.33. The SMILES string of the molecule is Cc1cc(Br)ccc1SCC(=O)NC1CC2CCC(C1)N2. The van der Waals surface area contributed by atoms with Crippen molar-refractivity contribution in [1.29, 1.82) is 0 Å². The third-order valence-electron chi connectivity index (χ3n) is 4.33. The predicted molar refractivity (Wildman–Crippen MR) is 90.7 cm³/mol. The van der Waals surface area contributed by atoms with E-state index in [0.29, 0.717) is 23.9 Å². The first kappa shape index (κ1) is 15.4. The van der Waals surface area contributed by atoms with Gasteiger partial charge in [-0.15, -0.1) is 11.8 Å². The van der Waals surface area contributed by atoms with E-state index in [1.165, 1.54) is 23.3 Å². The minimum atomic E-state index is 0.161. The molecule has 1 aromatic carbocycles. The second-order valence-corrected chi connectivity index (χ2v) is 8.01. The number of nitrogens with one attached hydrogen (secondary N) is 2. The molecule has 2 unspecified atom stereocenters. The molecule has 2 atom stereocenters. The first-order chi connectivity index (χ1) is 10.1. The Morgan fingerprint density at radius 2 is 2.10 bits per heavy atom. The molecule has 5 heteroatoms. The molecule has 1 aromatic rings. The summed E-state index contributed by atoms with van der Waals surface area (Å²) in [6, 6.07) is 7.79. The van der Waals surface area contributed by atoms with Crippen LogP contribution in [-0.2, 0) is 4.79 Å². The summed E-state index contributed by atoms with van der Waals surface area (Å²) in [6.07, 6.45) is 4.71. The highest BCUT2D eigenvalue weighted by molar-refractivity contribution is 9.10. The van der Waals surface area contributed by atoms with Crippen molar-refractivity contribution in [2.24, 2.45) is 0 Å². The topological polar surface area (TPSA) is 41.1 Å². The molecule has 2 N–H and O–H groups in total. The van der Waals surface area contributed by atoms with E-state index in [9.17, 15) is 4.79 Å². The van der Waals surface area contributed by atoms with Gasteiger partial charge in [0.2, 0.25) is 5.91 Å².